The molecule has 120 valence electrons. The summed E-state index contributed by atoms with van der Waals surface area (Å²) in [7, 11) is 0. The molecule has 22 heavy (non-hydrogen) atoms. The van der Waals surface area contributed by atoms with Crippen LogP contribution >= 0.6 is 0 Å². The van der Waals surface area contributed by atoms with Crippen LogP contribution in [0.2, 0.25) is 0 Å². The minimum absolute atomic E-state index is 0.0270. The monoisotopic (exact) mass is 305 g/mol. The van der Waals surface area contributed by atoms with Gasteiger partial charge in [-0.15, -0.1) is 0 Å². The molecule has 2 atom stereocenters. The molecule has 3 rings (SSSR count). The standard InChI is InChI=1S/C17H23NO4/c1-17(2,22)8-11-9-18-4-3-10-5-15(20)16(21)6-12(10)13(18)7-14(11)19/h5-6,11,13,20-22H,3-4,7-9H2,1-2H3/t11-,13-/m0/s1. The lowest BCUT2D eigenvalue weighted by Crippen LogP contribution is -2.47. The predicted octanol–water partition coefficient (Wildman–Crippen LogP) is 1.75. The number of piperidine rings is 1. The molecule has 2 heterocycles. The van der Waals surface area contributed by atoms with E-state index < -0.39 is 5.60 Å². The summed E-state index contributed by atoms with van der Waals surface area (Å²) in [5.74, 6) is -0.201. The van der Waals surface area contributed by atoms with Crippen molar-refractivity contribution in [1.82, 2.24) is 4.90 Å². The summed E-state index contributed by atoms with van der Waals surface area (Å²) in [5.41, 5.74) is 1.10. The largest absolute Gasteiger partial charge is 0.504 e. The number of hydrogen-bond donors (Lipinski definition) is 3. The van der Waals surface area contributed by atoms with Gasteiger partial charge >= 0.3 is 0 Å². The number of phenolic OH excluding ortho intramolecular Hbond substituents is 2. The molecular weight excluding hydrogens is 282 g/mol. The first-order valence-electron chi connectivity index (χ1n) is 7.78. The van der Waals surface area contributed by atoms with Crippen LogP contribution in [0, 0.1) is 5.92 Å². The summed E-state index contributed by atoms with van der Waals surface area (Å²) in [6.07, 6.45) is 1.67. The minimum atomic E-state index is -0.842. The van der Waals surface area contributed by atoms with E-state index in [1.54, 1.807) is 26.0 Å². The Labute approximate surface area is 130 Å². The van der Waals surface area contributed by atoms with Gasteiger partial charge in [-0.3, -0.25) is 9.69 Å². The molecule has 0 saturated carbocycles. The number of carbonyl (C=O) groups excluding carboxylic acids is 1. The molecule has 5 nitrogen and oxygen atoms in total. The van der Waals surface area contributed by atoms with Gasteiger partial charge in [-0.2, -0.15) is 0 Å². The van der Waals surface area contributed by atoms with Gasteiger partial charge in [0, 0.05) is 31.5 Å². The van der Waals surface area contributed by atoms with E-state index in [1.165, 1.54) is 0 Å². The van der Waals surface area contributed by atoms with Gasteiger partial charge in [-0.1, -0.05) is 0 Å². The Morgan fingerprint density at radius 2 is 1.95 bits per heavy atom. The molecule has 0 aliphatic carbocycles. The third kappa shape index (κ3) is 2.83. The molecule has 5 heteroatoms. The zero-order valence-corrected chi connectivity index (χ0v) is 13.0. The Hall–Kier alpha value is -1.59. The topological polar surface area (TPSA) is 81.0 Å². The van der Waals surface area contributed by atoms with Gasteiger partial charge < -0.3 is 15.3 Å². The molecule has 0 aromatic heterocycles. The van der Waals surface area contributed by atoms with Crippen LogP contribution in [-0.2, 0) is 11.2 Å². The highest BCUT2D eigenvalue weighted by Crippen LogP contribution is 2.42. The molecule has 1 fully saturated rings. The van der Waals surface area contributed by atoms with Crippen LogP contribution < -0.4 is 0 Å². The molecule has 1 aromatic carbocycles. The zero-order valence-electron chi connectivity index (χ0n) is 13.0. The number of Topliss-reactive ketones (excluding diaryl/α,β-unsaturated/α-hetero) is 1. The normalized spacial score (nSPS) is 25.7. The van der Waals surface area contributed by atoms with Crippen molar-refractivity contribution < 1.29 is 20.1 Å². The maximum absolute atomic E-state index is 12.4. The quantitative estimate of drug-likeness (QED) is 0.725. The number of hydrogen-bond acceptors (Lipinski definition) is 5. The first kappa shape index (κ1) is 15.3. The second-order valence-corrected chi connectivity index (χ2v) is 7.18. The van der Waals surface area contributed by atoms with Crippen molar-refractivity contribution in [2.24, 2.45) is 5.92 Å². The van der Waals surface area contributed by atoms with Crippen molar-refractivity contribution in [3.63, 3.8) is 0 Å². The summed E-state index contributed by atoms with van der Waals surface area (Å²) >= 11 is 0. The second-order valence-electron chi connectivity index (χ2n) is 7.18. The number of phenols is 2. The number of nitrogens with zero attached hydrogens (tertiary/aromatic N) is 1. The Bertz CT molecular complexity index is 605. The zero-order chi connectivity index (χ0) is 16.1. The van der Waals surface area contributed by atoms with Crippen molar-refractivity contribution in [2.45, 2.75) is 44.8 Å². The van der Waals surface area contributed by atoms with Gasteiger partial charge in [0.05, 0.1) is 5.60 Å². The van der Waals surface area contributed by atoms with E-state index >= 15 is 0 Å². The van der Waals surface area contributed by atoms with Gasteiger partial charge in [0.25, 0.3) is 0 Å². The minimum Gasteiger partial charge on any atom is -0.504 e. The lowest BCUT2D eigenvalue weighted by Gasteiger charge is -2.43. The van der Waals surface area contributed by atoms with E-state index in [1.807, 2.05) is 0 Å². The van der Waals surface area contributed by atoms with Crippen LogP contribution in [0.15, 0.2) is 12.1 Å². The van der Waals surface area contributed by atoms with Crippen molar-refractivity contribution in [3.05, 3.63) is 23.3 Å². The van der Waals surface area contributed by atoms with Crippen LogP contribution in [0.3, 0.4) is 0 Å². The van der Waals surface area contributed by atoms with Crippen LogP contribution in [-0.4, -0.2) is 44.7 Å². The fourth-order valence-electron chi connectivity index (χ4n) is 3.76. The number of fused-ring (bicyclic) bond motifs is 3. The summed E-state index contributed by atoms with van der Waals surface area (Å²) in [6, 6.07) is 3.17. The highest BCUT2D eigenvalue weighted by molar-refractivity contribution is 5.83. The van der Waals surface area contributed by atoms with Gasteiger partial charge in [-0.25, -0.2) is 0 Å². The molecule has 2 aliphatic heterocycles. The van der Waals surface area contributed by atoms with E-state index in [-0.39, 0.29) is 29.2 Å². The molecule has 0 amide bonds. The fraction of sp³-hybridized carbons (Fsp3) is 0.588. The summed E-state index contributed by atoms with van der Waals surface area (Å²) in [4.78, 5) is 14.7. The second kappa shape index (κ2) is 5.25. The van der Waals surface area contributed by atoms with E-state index in [0.717, 1.165) is 24.1 Å². The summed E-state index contributed by atoms with van der Waals surface area (Å²) in [6.45, 7) is 4.95. The Kier molecular flexibility index (Phi) is 3.65. The van der Waals surface area contributed by atoms with Gasteiger partial charge in [-0.05, 0) is 49.9 Å². The molecule has 0 bridgehead atoms. The summed E-state index contributed by atoms with van der Waals surface area (Å²) < 4.78 is 0. The average Bonchev–Trinajstić information content (AvgIpc) is 2.40. The molecule has 3 N–H and O–H groups in total. The Morgan fingerprint density at radius 1 is 1.27 bits per heavy atom. The average molecular weight is 305 g/mol. The van der Waals surface area contributed by atoms with E-state index in [0.29, 0.717) is 19.4 Å². The summed E-state index contributed by atoms with van der Waals surface area (Å²) in [5, 5.41) is 29.4. The first-order valence-corrected chi connectivity index (χ1v) is 7.78. The number of aliphatic hydroxyl groups is 1. The molecule has 0 radical (unpaired) electrons. The third-order valence-corrected chi connectivity index (χ3v) is 4.76. The number of rotatable bonds is 2. The molecule has 1 aromatic rings. The Morgan fingerprint density at radius 3 is 2.64 bits per heavy atom. The highest BCUT2D eigenvalue weighted by atomic mass is 16.3. The van der Waals surface area contributed by atoms with Crippen LogP contribution in [0.5, 0.6) is 11.5 Å². The lowest BCUT2D eigenvalue weighted by atomic mass is 9.79. The Balaban J connectivity index is 1.85. The predicted molar refractivity (Wildman–Crippen MR) is 81.8 cm³/mol. The number of ketones is 1. The van der Waals surface area contributed by atoms with Gasteiger partial charge in [0.2, 0.25) is 0 Å². The maximum Gasteiger partial charge on any atom is 0.157 e. The fourth-order valence-corrected chi connectivity index (χ4v) is 3.76. The van der Waals surface area contributed by atoms with Gasteiger partial charge in [0.15, 0.2) is 11.5 Å². The van der Waals surface area contributed by atoms with Crippen LogP contribution in [0.1, 0.15) is 43.9 Å². The SMILES string of the molecule is CC(C)(O)C[C@H]1CN2CCc3cc(O)c(O)cc3[C@@H]2CC1=O. The third-order valence-electron chi connectivity index (χ3n) is 4.76. The number of aromatic hydroxyl groups is 2. The molecule has 0 unspecified atom stereocenters. The molecule has 0 spiro atoms. The lowest BCUT2D eigenvalue weighted by molar-refractivity contribution is -0.131. The van der Waals surface area contributed by atoms with Crippen molar-refractivity contribution in [1.29, 1.82) is 0 Å². The van der Waals surface area contributed by atoms with Crippen LogP contribution in [0.4, 0.5) is 0 Å². The maximum atomic E-state index is 12.4. The van der Waals surface area contributed by atoms with Crippen molar-refractivity contribution >= 4 is 5.78 Å². The first-order chi connectivity index (χ1) is 10.2. The smallest absolute Gasteiger partial charge is 0.157 e. The van der Waals surface area contributed by atoms with Crippen molar-refractivity contribution in [3.8, 4) is 11.5 Å². The molecule has 2 aliphatic rings. The van der Waals surface area contributed by atoms with E-state index in [9.17, 15) is 20.1 Å². The number of benzene rings is 1. The van der Waals surface area contributed by atoms with Gasteiger partial charge in [0.1, 0.15) is 5.78 Å². The molecular formula is C17H23NO4. The number of carbonyl (C=O) groups is 1. The highest BCUT2D eigenvalue weighted by Gasteiger charge is 2.39. The van der Waals surface area contributed by atoms with E-state index in [2.05, 4.69) is 4.90 Å². The van der Waals surface area contributed by atoms with Crippen LogP contribution in [0.25, 0.3) is 0 Å². The van der Waals surface area contributed by atoms with E-state index in [4.69, 9.17) is 0 Å². The molecule has 1 saturated heterocycles. The van der Waals surface area contributed by atoms with Crippen molar-refractivity contribution in [2.75, 3.05) is 13.1 Å².